The number of nitrogens with zero attached hydrogens (tertiary/aromatic N) is 3. The Labute approximate surface area is 266 Å². The molecule has 0 bridgehead atoms. The van der Waals surface area contributed by atoms with E-state index in [1.165, 1.54) is 25.9 Å². The van der Waals surface area contributed by atoms with Crippen LogP contribution in [0.15, 0.2) is 0 Å². The number of fused-ring (bicyclic) bond motifs is 3. The normalized spacial score (nSPS) is 43.9. The van der Waals surface area contributed by atoms with Crippen LogP contribution in [0.25, 0.3) is 0 Å². The highest BCUT2D eigenvalue weighted by Crippen LogP contribution is 2.45. The van der Waals surface area contributed by atoms with Crippen LogP contribution in [-0.4, -0.2) is 110 Å². The van der Waals surface area contributed by atoms with E-state index in [0.29, 0.717) is 36.4 Å². The first-order valence-corrected chi connectivity index (χ1v) is 18.4. The Morgan fingerprint density at radius 2 is 1.19 bits per heavy atom. The molecule has 0 aromatic heterocycles. The van der Waals surface area contributed by atoms with Crippen LogP contribution < -0.4 is 0 Å². The van der Waals surface area contributed by atoms with Gasteiger partial charge in [0.15, 0.2) is 0 Å². The fourth-order valence-electron chi connectivity index (χ4n) is 9.58. The smallest absolute Gasteiger partial charge is 0.0761 e. The van der Waals surface area contributed by atoms with E-state index in [1.54, 1.807) is 0 Å². The van der Waals surface area contributed by atoms with Crippen LogP contribution in [0.4, 0.5) is 0 Å². The average molecular weight is 606 g/mol. The summed E-state index contributed by atoms with van der Waals surface area (Å²) < 4.78 is 17.7. The van der Waals surface area contributed by atoms with E-state index in [4.69, 9.17) is 14.2 Å². The molecule has 6 nitrogen and oxygen atoms in total. The summed E-state index contributed by atoms with van der Waals surface area (Å²) in [5.41, 5.74) is 0. The topological polar surface area (TPSA) is 37.4 Å². The van der Waals surface area contributed by atoms with E-state index in [1.807, 2.05) is 0 Å². The maximum Gasteiger partial charge on any atom is 0.0761 e. The zero-order valence-corrected chi connectivity index (χ0v) is 30.3. The maximum absolute atomic E-state index is 6.05. The molecular weight excluding hydrogens is 534 g/mol. The van der Waals surface area contributed by atoms with Crippen molar-refractivity contribution >= 4 is 0 Å². The highest BCUT2D eigenvalue weighted by molar-refractivity contribution is 5.02. The zero-order chi connectivity index (χ0) is 31.6. The van der Waals surface area contributed by atoms with Gasteiger partial charge in [-0.1, -0.05) is 41.5 Å². The Bertz CT molecular complexity index is 794. The second-order valence-electron chi connectivity index (χ2n) is 16.3. The van der Waals surface area contributed by atoms with E-state index in [2.05, 4.69) is 97.8 Å². The summed E-state index contributed by atoms with van der Waals surface area (Å²) in [6.45, 7) is 36.5. The van der Waals surface area contributed by atoms with E-state index in [9.17, 15) is 0 Å². The number of ether oxygens (including phenoxy) is 3. The predicted octanol–water partition coefficient (Wildman–Crippen LogP) is 6.53. The molecule has 0 amide bonds. The maximum atomic E-state index is 6.05. The van der Waals surface area contributed by atoms with E-state index >= 15 is 0 Å². The molecule has 0 radical (unpaired) electrons. The van der Waals surface area contributed by atoms with Gasteiger partial charge in [-0.05, 0) is 89.9 Å². The van der Waals surface area contributed by atoms with Gasteiger partial charge in [0.25, 0.3) is 0 Å². The monoisotopic (exact) mass is 606 g/mol. The molecule has 6 heteroatoms. The third-order valence-corrected chi connectivity index (χ3v) is 12.8. The van der Waals surface area contributed by atoms with Crippen molar-refractivity contribution < 1.29 is 14.2 Å². The van der Waals surface area contributed by atoms with Crippen LogP contribution in [-0.2, 0) is 14.2 Å². The Morgan fingerprint density at radius 3 is 1.84 bits per heavy atom. The molecule has 0 aromatic carbocycles. The molecule has 3 saturated carbocycles. The van der Waals surface area contributed by atoms with Gasteiger partial charge in [-0.15, -0.1) is 0 Å². The minimum atomic E-state index is 0.509. The summed E-state index contributed by atoms with van der Waals surface area (Å²) in [5, 5.41) is 0. The fraction of sp³-hybridized carbons (Fsp3) is 1.00. The van der Waals surface area contributed by atoms with Crippen LogP contribution in [0.3, 0.4) is 0 Å². The lowest BCUT2D eigenvalue weighted by Crippen LogP contribution is -2.63. The number of hydrogen-bond donors (Lipinski definition) is 0. The SMILES string of the molecule is CC1C(C)C2C1COCCN2C(C)C.CC1C(C)C2C1OCCCN2C(C)C.CC1CC(C)C2OCCN(C(C)C)CC12. The Kier molecular flexibility index (Phi) is 12.9. The van der Waals surface area contributed by atoms with Gasteiger partial charge < -0.3 is 14.2 Å². The van der Waals surface area contributed by atoms with Crippen LogP contribution in [0, 0.1) is 47.3 Å². The van der Waals surface area contributed by atoms with Gasteiger partial charge in [0.05, 0.1) is 32.0 Å². The van der Waals surface area contributed by atoms with Crippen LogP contribution in [0.2, 0.25) is 0 Å². The standard InChI is InChI=1S/C13H25NO.2C12H23NO/c1-9(2)14-5-6-15-13-11(4)7-10(3)12(13)8-14;1-8(2)13-5-6-14-7-11-9(3)10(4)12(11)13;1-8(2)13-6-5-7-14-12-10(4)9(3)11(12)13/h9-13H,5-8H2,1-4H3;2*8-12H,5-7H2,1-4H3. The number of hydrogen-bond acceptors (Lipinski definition) is 6. The van der Waals surface area contributed by atoms with Crippen molar-refractivity contribution in [2.75, 3.05) is 52.6 Å². The second-order valence-corrected chi connectivity index (χ2v) is 16.3. The van der Waals surface area contributed by atoms with E-state index in [-0.39, 0.29) is 0 Å². The lowest BCUT2D eigenvalue weighted by molar-refractivity contribution is -0.132. The molecule has 3 saturated heterocycles. The minimum absolute atomic E-state index is 0.509. The van der Waals surface area contributed by atoms with Crippen molar-refractivity contribution in [3.05, 3.63) is 0 Å². The van der Waals surface area contributed by atoms with Crippen molar-refractivity contribution in [3.8, 4) is 0 Å². The fourth-order valence-corrected chi connectivity index (χ4v) is 9.58. The predicted molar refractivity (Wildman–Crippen MR) is 179 cm³/mol. The van der Waals surface area contributed by atoms with Gasteiger partial charge in [0.2, 0.25) is 0 Å². The Hall–Kier alpha value is -0.240. The van der Waals surface area contributed by atoms with Gasteiger partial charge in [-0.25, -0.2) is 0 Å². The lowest BCUT2D eigenvalue weighted by Gasteiger charge is -2.54. The second kappa shape index (κ2) is 15.6. The summed E-state index contributed by atoms with van der Waals surface area (Å²) >= 11 is 0. The molecule has 3 aliphatic heterocycles. The summed E-state index contributed by atoms with van der Waals surface area (Å²) in [7, 11) is 0. The van der Waals surface area contributed by atoms with Crippen LogP contribution >= 0.6 is 0 Å². The van der Waals surface area contributed by atoms with Crippen LogP contribution in [0.1, 0.15) is 95.9 Å². The molecule has 12 unspecified atom stereocenters. The van der Waals surface area contributed by atoms with Crippen LogP contribution in [0.5, 0.6) is 0 Å². The molecule has 43 heavy (non-hydrogen) atoms. The minimum Gasteiger partial charge on any atom is -0.380 e. The Morgan fingerprint density at radius 1 is 0.558 bits per heavy atom. The number of rotatable bonds is 3. The van der Waals surface area contributed by atoms with Crippen molar-refractivity contribution in [2.45, 2.75) is 138 Å². The highest BCUT2D eigenvalue weighted by Gasteiger charge is 2.51. The quantitative estimate of drug-likeness (QED) is 0.364. The largest absolute Gasteiger partial charge is 0.380 e. The summed E-state index contributed by atoms with van der Waals surface area (Å²) in [5.74, 6) is 6.41. The first kappa shape index (κ1) is 35.6. The Balaban J connectivity index is 0.000000148. The first-order valence-electron chi connectivity index (χ1n) is 18.4. The van der Waals surface area contributed by atoms with Gasteiger partial charge >= 0.3 is 0 Å². The van der Waals surface area contributed by atoms with Crippen molar-refractivity contribution in [1.82, 2.24) is 14.7 Å². The zero-order valence-electron chi connectivity index (χ0n) is 30.3. The third-order valence-electron chi connectivity index (χ3n) is 12.8. The molecule has 0 N–H and O–H groups in total. The summed E-state index contributed by atoms with van der Waals surface area (Å²) in [4.78, 5) is 7.86. The lowest BCUT2D eigenvalue weighted by atomic mass is 9.62. The van der Waals surface area contributed by atoms with Gasteiger partial charge in [0, 0.05) is 74.8 Å². The molecular formula is C37H71N3O3. The molecule has 252 valence electrons. The summed E-state index contributed by atoms with van der Waals surface area (Å²) in [6.07, 6.45) is 3.59. The van der Waals surface area contributed by atoms with Gasteiger partial charge in [-0.3, -0.25) is 14.7 Å². The average Bonchev–Trinajstić information content (AvgIpc) is 3.27. The summed E-state index contributed by atoms with van der Waals surface area (Å²) in [6, 6.07) is 3.47. The van der Waals surface area contributed by atoms with E-state index in [0.717, 1.165) is 92.9 Å². The molecule has 3 heterocycles. The van der Waals surface area contributed by atoms with E-state index < -0.39 is 0 Å². The third kappa shape index (κ3) is 7.84. The molecule has 6 fully saturated rings. The molecule has 0 aromatic rings. The molecule has 3 aliphatic carbocycles. The highest BCUT2D eigenvalue weighted by atomic mass is 16.5. The van der Waals surface area contributed by atoms with Crippen molar-refractivity contribution in [3.63, 3.8) is 0 Å². The molecule has 6 aliphatic rings. The van der Waals surface area contributed by atoms with Gasteiger partial charge in [-0.2, -0.15) is 0 Å². The van der Waals surface area contributed by atoms with Crippen molar-refractivity contribution in [1.29, 1.82) is 0 Å². The molecule has 6 rings (SSSR count). The van der Waals surface area contributed by atoms with Gasteiger partial charge in [0.1, 0.15) is 0 Å². The first-order chi connectivity index (χ1) is 20.3. The molecule has 12 atom stereocenters. The van der Waals surface area contributed by atoms with Crippen molar-refractivity contribution in [2.24, 2.45) is 47.3 Å². The molecule has 0 spiro atoms.